The number of amides is 3. The van der Waals surface area contributed by atoms with Gasteiger partial charge in [0.2, 0.25) is 0 Å². The number of urea groups is 1. The van der Waals surface area contributed by atoms with Crippen molar-refractivity contribution in [3.8, 4) is 0 Å². The van der Waals surface area contributed by atoms with Crippen LogP contribution in [0.1, 0.15) is 37.8 Å². The van der Waals surface area contributed by atoms with Crippen molar-refractivity contribution in [2.75, 3.05) is 6.54 Å². The van der Waals surface area contributed by atoms with Gasteiger partial charge in [0.1, 0.15) is 0 Å². The van der Waals surface area contributed by atoms with E-state index >= 15 is 0 Å². The molecule has 0 aliphatic rings. The predicted molar refractivity (Wildman–Crippen MR) is 73.2 cm³/mol. The molecule has 1 aromatic carbocycles. The highest BCUT2D eigenvalue weighted by Crippen LogP contribution is 2.08. The molecule has 1 aromatic rings. The summed E-state index contributed by atoms with van der Waals surface area (Å²) in [7, 11) is 0. The van der Waals surface area contributed by atoms with Crippen LogP contribution < -0.4 is 16.4 Å². The zero-order chi connectivity index (χ0) is 14.1. The minimum Gasteiger partial charge on any atom is -0.351 e. The van der Waals surface area contributed by atoms with Crippen molar-refractivity contribution in [3.63, 3.8) is 0 Å². The van der Waals surface area contributed by atoms with Gasteiger partial charge in [0.05, 0.1) is 6.54 Å². The standard InChI is InChI=1S/C14H21N3O2/c1-2-3-7-10-16-12(13(18)17-14(15)19)11-8-5-4-6-9-11/h4-6,8-9,12,16H,2-3,7,10H2,1H3,(H3,15,17,18,19)/p+1/t12-/m1/s1. The largest absolute Gasteiger partial charge is 0.351 e. The Hall–Kier alpha value is -1.88. The van der Waals surface area contributed by atoms with Crippen LogP contribution >= 0.6 is 0 Å². The van der Waals surface area contributed by atoms with E-state index in [4.69, 9.17) is 5.73 Å². The maximum Gasteiger partial charge on any atom is 0.319 e. The van der Waals surface area contributed by atoms with E-state index in [-0.39, 0.29) is 5.91 Å². The maximum absolute atomic E-state index is 12.0. The highest BCUT2D eigenvalue weighted by molar-refractivity contribution is 5.96. The van der Waals surface area contributed by atoms with E-state index in [1.165, 1.54) is 0 Å². The molecule has 5 N–H and O–H groups in total. The molecule has 3 amide bonds. The van der Waals surface area contributed by atoms with Gasteiger partial charge in [-0.2, -0.15) is 0 Å². The summed E-state index contributed by atoms with van der Waals surface area (Å²) in [6.07, 6.45) is 3.32. The molecule has 0 spiro atoms. The van der Waals surface area contributed by atoms with Crippen LogP contribution in [-0.2, 0) is 4.79 Å². The van der Waals surface area contributed by atoms with Crippen molar-refractivity contribution in [2.45, 2.75) is 32.2 Å². The van der Waals surface area contributed by atoms with Crippen molar-refractivity contribution in [1.29, 1.82) is 0 Å². The summed E-state index contributed by atoms with van der Waals surface area (Å²) in [6, 6.07) is 8.16. The first-order valence-corrected chi connectivity index (χ1v) is 6.63. The quantitative estimate of drug-likeness (QED) is 0.632. The molecule has 0 fully saturated rings. The molecule has 0 radical (unpaired) electrons. The van der Waals surface area contributed by atoms with Crippen LogP contribution in [0.3, 0.4) is 0 Å². The first-order chi connectivity index (χ1) is 9.15. The minimum atomic E-state index is -0.812. The lowest BCUT2D eigenvalue weighted by atomic mass is 10.1. The summed E-state index contributed by atoms with van der Waals surface area (Å²) in [6.45, 7) is 2.98. The monoisotopic (exact) mass is 264 g/mol. The van der Waals surface area contributed by atoms with E-state index in [0.29, 0.717) is 0 Å². The molecule has 0 aromatic heterocycles. The summed E-state index contributed by atoms with van der Waals surface area (Å²) in [5, 5.41) is 4.10. The van der Waals surface area contributed by atoms with Crippen molar-refractivity contribution < 1.29 is 14.9 Å². The molecule has 0 bridgehead atoms. The summed E-state index contributed by atoms with van der Waals surface area (Å²) in [5.41, 5.74) is 5.87. The van der Waals surface area contributed by atoms with Gasteiger partial charge in [-0.3, -0.25) is 10.1 Å². The Balaban J connectivity index is 2.68. The Morgan fingerprint density at radius 1 is 1.26 bits per heavy atom. The summed E-state index contributed by atoms with van der Waals surface area (Å²) in [5.74, 6) is -0.366. The van der Waals surface area contributed by atoms with Crippen LogP contribution in [0.2, 0.25) is 0 Å². The number of benzene rings is 1. The van der Waals surface area contributed by atoms with Crippen LogP contribution in [0.5, 0.6) is 0 Å². The third-order valence-electron chi connectivity index (χ3n) is 2.90. The molecule has 0 aliphatic carbocycles. The molecule has 0 saturated carbocycles. The fraction of sp³-hybridized carbons (Fsp3) is 0.429. The number of quaternary nitrogens is 1. The van der Waals surface area contributed by atoms with Crippen LogP contribution in [0, 0.1) is 0 Å². The fourth-order valence-electron chi connectivity index (χ4n) is 1.93. The van der Waals surface area contributed by atoms with Crippen molar-refractivity contribution in [2.24, 2.45) is 5.73 Å². The molecule has 0 unspecified atom stereocenters. The lowest BCUT2D eigenvalue weighted by Crippen LogP contribution is -2.87. The Morgan fingerprint density at radius 2 is 1.95 bits per heavy atom. The van der Waals surface area contributed by atoms with Crippen LogP contribution in [0.15, 0.2) is 30.3 Å². The number of imide groups is 1. The van der Waals surface area contributed by atoms with Gasteiger partial charge in [0, 0.05) is 5.56 Å². The van der Waals surface area contributed by atoms with Crippen molar-refractivity contribution in [1.82, 2.24) is 5.32 Å². The highest BCUT2D eigenvalue weighted by atomic mass is 16.2. The van der Waals surface area contributed by atoms with E-state index in [1.807, 2.05) is 35.6 Å². The number of primary amides is 1. The third kappa shape index (κ3) is 5.52. The topological polar surface area (TPSA) is 88.8 Å². The highest BCUT2D eigenvalue weighted by Gasteiger charge is 2.24. The number of carbonyl (C=O) groups excluding carboxylic acids is 2. The van der Waals surface area contributed by atoms with E-state index in [1.54, 1.807) is 0 Å². The smallest absolute Gasteiger partial charge is 0.319 e. The lowest BCUT2D eigenvalue weighted by molar-refractivity contribution is -0.683. The normalized spacial score (nSPS) is 11.8. The molecular weight excluding hydrogens is 242 g/mol. The summed E-state index contributed by atoms with van der Waals surface area (Å²) >= 11 is 0. The van der Waals surface area contributed by atoms with Gasteiger partial charge in [0.15, 0.2) is 6.04 Å². The zero-order valence-corrected chi connectivity index (χ0v) is 11.3. The molecule has 0 aliphatic heterocycles. The Morgan fingerprint density at radius 3 is 2.53 bits per heavy atom. The van der Waals surface area contributed by atoms with Crippen LogP contribution in [0.4, 0.5) is 4.79 Å². The lowest BCUT2D eigenvalue weighted by Gasteiger charge is -2.14. The molecule has 5 nitrogen and oxygen atoms in total. The molecule has 19 heavy (non-hydrogen) atoms. The van der Waals surface area contributed by atoms with Gasteiger partial charge >= 0.3 is 6.03 Å². The van der Waals surface area contributed by atoms with Crippen LogP contribution in [0.25, 0.3) is 0 Å². The first kappa shape index (κ1) is 15.2. The summed E-state index contributed by atoms with van der Waals surface area (Å²) < 4.78 is 0. The first-order valence-electron chi connectivity index (χ1n) is 6.63. The number of hydrogen-bond acceptors (Lipinski definition) is 2. The molecule has 104 valence electrons. The summed E-state index contributed by atoms with van der Waals surface area (Å²) in [4.78, 5) is 22.8. The van der Waals surface area contributed by atoms with E-state index in [2.05, 4.69) is 12.2 Å². The van der Waals surface area contributed by atoms with Gasteiger partial charge in [-0.15, -0.1) is 0 Å². The Labute approximate surface area is 113 Å². The van der Waals surface area contributed by atoms with Gasteiger partial charge in [0.25, 0.3) is 5.91 Å². The maximum atomic E-state index is 12.0. The van der Waals surface area contributed by atoms with Crippen molar-refractivity contribution in [3.05, 3.63) is 35.9 Å². The van der Waals surface area contributed by atoms with E-state index < -0.39 is 12.1 Å². The van der Waals surface area contributed by atoms with Crippen molar-refractivity contribution >= 4 is 11.9 Å². The molecule has 0 saturated heterocycles. The molecule has 1 atom stereocenters. The van der Waals surface area contributed by atoms with E-state index in [0.717, 1.165) is 31.4 Å². The number of nitrogens with one attached hydrogen (secondary N) is 1. The second-order valence-electron chi connectivity index (χ2n) is 4.47. The predicted octanol–water partition coefficient (Wildman–Crippen LogP) is 0.676. The second kappa shape index (κ2) is 8.26. The van der Waals surface area contributed by atoms with E-state index in [9.17, 15) is 9.59 Å². The average molecular weight is 264 g/mol. The average Bonchev–Trinajstić information content (AvgIpc) is 2.39. The number of hydrogen-bond donors (Lipinski definition) is 3. The Bertz CT molecular complexity index is 406. The number of unbranched alkanes of at least 4 members (excludes halogenated alkanes) is 2. The Kier molecular flexibility index (Phi) is 6.60. The van der Waals surface area contributed by atoms with Gasteiger partial charge in [-0.05, 0) is 12.8 Å². The zero-order valence-electron chi connectivity index (χ0n) is 11.3. The second-order valence-corrected chi connectivity index (χ2v) is 4.47. The number of carbonyl (C=O) groups is 2. The number of rotatable bonds is 7. The third-order valence-corrected chi connectivity index (χ3v) is 2.90. The molecular formula is C14H22N3O2+. The molecule has 5 heteroatoms. The van der Waals surface area contributed by atoms with Gasteiger partial charge in [-0.1, -0.05) is 43.7 Å². The van der Waals surface area contributed by atoms with Gasteiger partial charge < -0.3 is 11.1 Å². The SMILES string of the molecule is CCCCC[NH2+][C@@H](C(=O)NC(N)=O)c1ccccc1. The number of nitrogens with two attached hydrogens (primary N) is 2. The molecule has 1 rings (SSSR count). The minimum absolute atomic E-state index is 0.366. The van der Waals surface area contributed by atoms with Crippen LogP contribution in [-0.4, -0.2) is 18.5 Å². The fourth-order valence-corrected chi connectivity index (χ4v) is 1.93. The van der Waals surface area contributed by atoms with Gasteiger partial charge in [-0.25, -0.2) is 4.79 Å². The molecule has 0 heterocycles.